The first kappa shape index (κ1) is 18.0. The van der Waals surface area contributed by atoms with Gasteiger partial charge >= 0.3 is 5.69 Å². The maximum Gasteiger partial charge on any atom is 0.351 e. The molecule has 0 N–H and O–H groups in total. The molecule has 3 aromatic rings. The van der Waals surface area contributed by atoms with Crippen molar-refractivity contribution < 1.29 is 14.3 Å². The highest BCUT2D eigenvalue weighted by molar-refractivity contribution is 5.87. The van der Waals surface area contributed by atoms with Gasteiger partial charge in [0.25, 0.3) is 0 Å². The molecule has 0 bridgehead atoms. The number of aryl methyl sites for hydroxylation is 1. The number of fused-ring (bicyclic) bond motifs is 4. The Balaban J connectivity index is 1.54. The highest BCUT2D eigenvalue weighted by Gasteiger charge is 2.24. The maximum absolute atomic E-state index is 13.1. The molecule has 1 saturated carbocycles. The zero-order valence-electron chi connectivity index (χ0n) is 16.7. The summed E-state index contributed by atoms with van der Waals surface area (Å²) in [5.74, 6) is 1.19. The van der Waals surface area contributed by atoms with Crippen molar-refractivity contribution in [3.8, 4) is 11.5 Å². The number of hydrogen-bond acceptors (Lipinski definition) is 5. The van der Waals surface area contributed by atoms with Gasteiger partial charge in [0, 0.05) is 24.5 Å². The number of nitrogens with zero attached hydrogens (tertiary/aromatic N) is 4. The highest BCUT2D eigenvalue weighted by atomic mass is 16.7. The van der Waals surface area contributed by atoms with E-state index in [0.29, 0.717) is 22.7 Å². The van der Waals surface area contributed by atoms with Crippen LogP contribution in [0, 0.1) is 6.92 Å². The molecule has 8 heteroatoms. The van der Waals surface area contributed by atoms with Crippen LogP contribution in [0.3, 0.4) is 0 Å². The fourth-order valence-electron chi connectivity index (χ4n) is 4.45. The number of rotatable bonds is 3. The number of hydrogen-bond donors (Lipinski definition) is 0. The third-order valence-electron chi connectivity index (χ3n) is 6.13. The molecule has 0 unspecified atom stereocenters. The molecule has 3 heterocycles. The Morgan fingerprint density at radius 2 is 1.90 bits per heavy atom. The Kier molecular flexibility index (Phi) is 4.22. The number of likely N-dealkylation sites (N-methyl/N-ethyl adjacent to an activating group) is 1. The smallest absolute Gasteiger partial charge is 0.351 e. The molecule has 1 fully saturated rings. The quantitative estimate of drug-likeness (QED) is 0.680. The Hall–Kier alpha value is -3.03. The van der Waals surface area contributed by atoms with Crippen LogP contribution in [0.25, 0.3) is 16.6 Å². The van der Waals surface area contributed by atoms with Gasteiger partial charge in [-0.1, -0.05) is 19.3 Å². The van der Waals surface area contributed by atoms with Gasteiger partial charge in [-0.2, -0.15) is 0 Å². The van der Waals surface area contributed by atoms with Crippen molar-refractivity contribution in [1.29, 1.82) is 0 Å². The van der Waals surface area contributed by atoms with E-state index < -0.39 is 0 Å². The molecule has 1 amide bonds. The van der Waals surface area contributed by atoms with Crippen molar-refractivity contribution in [2.45, 2.75) is 51.6 Å². The Morgan fingerprint density at radius 1 is 1.17 bits per heavy atom. The highest BCUT2D eigenvalue weighted by Crippen LogP contribution is 2.36. The van der Waals surface area contributed by atoms with E-state index in [0.717, 1.165) is 36.6 Å². The monoisotopic (exact) mass is 396 g/mol. The molecule has 5 rings (SSSR count). The fourth-order valence-corrected chi connectivity index (χ4v) is 4.45. The maximum atomic E-state index is 13.1. The number of ether oxygens (including phenoxy) is 2. The van der Waals surface area contributed by atoms with E-state index in [9.17, 15) is 9.59 Å². The lowest BCUT2D eigenvalue weighted by molar-refractivity contribution is -0.133. The van der Waals surface area contributed by atoms with Gasteiger partial charge in [-0.25, -0.2) is 13.9 Å². The largest absolute Gasteiger partial charge is 0.454 e. The van der Waals surface area contributed by atoms with Crippen LogP contribution in [0.2, 0.25) is 0 Å². The van der Waals surface area contributed by atoms with Crippen molar-refractivity contribution in [2.75, 3.05) is 13.8 Å². The van der Waals surface area contributed by atoms with Gasteiger partial charge in [-0.05, 0) is 37.5 Å². The number of amides is 1. The molecular weight excluding hydrogens is 372 g/mol. The predicted octanol–water partition coefficient (Wildman–Crippen LogP) is 2.48. The summed E-state index contributed by atoms with van der Waals surface area (Å²) >= 11 is 0. The van der Waals surface area contributed by atoms with Gasteiger partial charge in [0.2, 0.25) is 12.7 Å². The van der Waals surface area contributed by atoms with Gasteiger partial charge in [0.15, 0.2) is 17.1 Å². The van der Waals surface area contributed by atoms with Crippen LogP contribution in [0.4, 0.5) is 0 Å². The summed E-state index contributed by atoms with van der Waals surface area (Å²) in [5.41, 5.74) is 1.78. The molecule has 0 atom stereocenters. The van der Waals surface area contributed by atoms with Crippen molar-refractivity contribution in [3.05, 3.63) is 34.2 Å². The molecule has 8 nitrogen and oxygen atoms in total. The van der Waals surface area contributed by atoms with Gasteiger partial charge in [0.05, 0.1) is 5.52 Å². The second-order valence-corrected chi connectivity index (χ2v) is 7.99. The molecule has 152 valence electrons. The number of aromatic nitrogens is 3. The summed E-state index contributed by atoms with van der Waals surface area (Å²) < 4.78 is 13.7. The van der Waals surface area contributed by atoms with Crippen LogP contribution in [0.5, 0.6) is 11.5 Å². The molecule has 29 heavy (non-hydrogen) atoms. The third-order valence-corrected chi connectivity index (χ3v) is 6.13. The standard InChI is InChI=1S/C21H24N4O4/c1-13-8-14-9-17-18(29-12-28-17)10-16(14)25-20(13)22-24(21(25)27)11-19(26)23(2)15-6-4-3-5-7-15/h8-10,15H,3-7,11-12H2,1-2H3. The molecule has 0 spiro atoms. The first-order chi connectivity index (χ1) is 14.0. The fraction of sp³-hybridized carbons (Fsp3) is 0.476. The molecule has 0 radical (unpaired) electrons. The SMILES string of the molecule is Cc1cc2cc3c(cc2n2c(=O)n(CC(=O)N(C)C4CCCCC4)nc12)OCO3. The zero-order valence-corrected chi connectivity index (χ0v) is 16.7. The van der Waals surface area contributed by atoms with Gasteiger partial charge in [-0.3, -0.25) is 4.79 Å². The number of pyridine rings is 1. The first-order valence-electron chi connectivity index (χ1n) is 10.1. The van der Waals surface area contributed by atoms with Crippen LogP contribution in [0.15, 0.2) is 23.0 Å². The molecule has 2 aromatic heterocycles. The lowest BCUT2D eigenvalue weighted by atomic mass is 9.94. The Morgan fingerprint density at radius 3 is 2.66 bits per heavy atom. The normalized spacial score (nSPS) is 16.6. The van der Waals surface area contributed by atoms with Gasteiger partial charge < -0.3 is 14.4 Å². The Labute approximate surface area is 167 Å². The van der Waals surface area contributed by atoms with E-state index in [-0.39, 0.29) is 31.0 Å². The van der Waals surface area contributed by atoms with Crippen molar-refractivity contribution in [1.82, 2.24) is 19.1 Å². The predicted molar refractivity (Wildman–Crippen MR) is 107 cm³/mol. The van der Waals surface area contributed by atoms with Crippen LogP contribution in [0.1, 0.15) is 37.7 Å². The van der Waals surface area contributed by atoms with Crippen molar-refractivity contribution in [3.63, 3.8) is 0 Å². The lowest BCUT2D eigenvalue weighted by Crippen LogP contribution is -2.41. The molecule has 0 saturated heterocycles. The summed E-state index contributed by atoms with van der Waals surface area (Å²) in [4.78, 5) is 27.8. The van der Waals surface area contributed by atoms with E-state index in [4.69, 9.17) is 9.47 Å². The minimum atomic E-state index is -0.321. The van der Waals surface area contributed by atoms with E-state index in [1.54, 1.807) is 15.4 Å². The minimum absolute atomic E-state index is 0.0565. The molecule has 1 aliphatic heterocycles. The van der Waals surface area contributed by atoms with Gasteiger partial charge in [-0.15, -0.1) is 5.10 Å². The van der Waals surface area contributed by atoms with E-state index in [1.165, 1.54) is 11.1 Å². The van der Waals surface area contributed by atoms with Crippen molar-refractivity contribution in [2.24, 2.45) is 0 Å². The van der Waals surface area contributed by atoms with Crippen LogP contribution in [-0.2, 0) is 11.3 Å². The van der Waals surface area contributed by atoms with E-state index in [2.05, 4.69) is 5.10 Å². The summed E-state index contributed by atoms with van der Waals surface area (Å²) in [6, 6.07) is 5.90. The van der Waals surface area contributed by atoms with Crippen LogP contribution in [-0.4, -0.2) is 44.9 Å². The number of benzene rings is 1. The number of carbonyl (C=O) groups excluding carboxylic acids is 1. The van der Waals surface area contributed by atoms with Crippen molar-refractivity contribution >= 4 is 22.5 Å². The summed E-state index contributed by atoms with van der Waals surface area (Å²) in [6.45, 7) is 2.02. The van der Waals surface area contributed by atoms with E-state index in [1.807, 2.05) is 26.1 Å². The average molecular weight is 396 g/mol. The molecule has 1 aromatic carbocycles. The number of carbonyl (C=O) groups is 1. The topological polar surface area (TPSA) is 78.1 Å². The second kappa shape index (κ2) is 6.79. The third kappa shape index (κ3) is 2.94. The molecule has 1 aliphatic carbocycles. The Bertz CT molecular complexity index is 1170. The summed E-state index contributed by atoms with van der Waals surface area (Å²) in [6.07, 6.45) is 5.59. The van der Waals surface area contributed by atoms with Gasteiger partial charge in [0.1, 0.15) is 6.54 Å². The average Bonchev–Trinajstić information content (AvgIpc) is 3.31. The van der Waals surface area contributed by atoms with Crippen LogP contribution < -0.4 is 15.2 Å². The molecular formula is C21H24N4O4. The van der Waals surface area contributed by atoms with E-state index >= 15 is 0 Å². The minimum Gasteiger partial charge on any atom is -0.454 e. The second-order valence-electron chi connectivity index (χ2n) is 7.99. The molecule has 2 aliphatic rings. The summed E-state index contributed by atoms with van der Waals surface area (Å²) in [7, 11) is 1.83. The zero-order chi connectivity index (χ0) is 20.1. The first-order valence-corrected chi connectivity index (χ1v) is 10.1. The lowest BCUT2D eigenvalue weighted by Gasteiger charge is -2.31. The van der Waals surface area contributed by atoms with Crippen LogP contribution >= 0.6 is 0 Å². The summed E-state index contributed by atoms with van der Waals surface area (Å²) in [5, 5.41) is 5.34.